The summed E-state index contributed by atoms with van der Waals surface area (Å²) in [6.07, 6.45) is 4.65. The highest BCUT2D eigenvalue weighted by atomic mass is 35.5. The minimum Gasteiger partial charge on any atom is -0.381 e. The van der Waals surface area contributed by atoms with E-state index in [1.165, 1.54) is 12.8 Å². The van der Waals surface area contributed by atoms with Crippen LogP contribution in [-0.4, -0.2) is 19.1 Å². The molecule has 0 fully saturated rings. The van der Waals surface area contributed by atoms with Crippen LogP contribution in [0.2, 0.25) is 0 Å². The summed E-state index contributed by atoms with van der Waals surface area (Å²) in [4.78, 5) is 0. The quantitative estimate of drug-likeness (QED) is 0.423. The first-order chi connectivity index (χ1) is 5.77. The van der Waals surface area contributed by atoms with Gasteiger partial charge in [0.15, 0.2) is 0 Å². The summed E-state index contributed by atoms with van der Waals surface area (Å²) in [5, 5.41) is 0. The summed E-state index contributed by atoms with van der Waals surface area (Å²) in [5.74, 6) is 1.54. The third-order valence-corrected chi connectivity index (χ3v) is 2.03. The molecular formula is C10H21ClO. The van der Waals surface area contributed by atoms with Gasteiger partial charge in [-0.25, -0.2) is 0 Å². The van der Waals surface area contributed by atoms with E-state index in [4.69, 9.17) is 16.3 Å². The Balaban J connectivity index is 2.82. The molecule has 0 aliphatic carbocycles. The van der Waals surface area contributed by atoms with Crippen LogP contribution in [0.1, 0.15) is 39.5 Å². The van der Waals surface area contributed by atoms with Crippen molar-refractivity contribution in [1.29, 1.82) is 0 Å². The van der Waals surface area contributed by atoms with Crippen LogP contribution in [0, 0.1) is 5.92 Å². The lowest BCUT2D eigenvalue weighted by Gasteiger charge is -2.05. The molecule has 0 spiro atoms. The summed E-state index contributed by atoms with van der Waals surface area (Å²) in [6, 6.07) is 0. The second kappa shape index (κ2) is 9.34. The van der Waals surface area contributed by atoms with Crippen LogP contribution in [0.15, 0.2) is 0 Å². The van der Waals surface area contributed by atoms with Crippen LogP contribution in [0.25, 0.3) is 0 Å². The van der Waals surface area contributed by atoms with Crippen molar-refractivity contribution >= 4 is 11.6 Å². The lowest BCUT2D eigenvalue weighted by atomic mass is 10.1. The van der Waals surface area contributed by atoms with Gasteiger partial charge in [0, 0.05) is 19.1 Å². The van der Waals surface area contributed by atoms with Gasteiger partial charge in [0.25, 0.3) is 0 Å². The molecule has 12 heavy (non-hydrogen) atoms. The van der Waals surface area contributed by atoms with Gasteiger partial charge >= 0.3 is 0 Å². The van der Waals surface area contributed by atoms with Crippen molar-refractivity contribution in [3.63, 3.8) is 0 Å². The van der Waals surface area contributed by atoms with Crippen molar-refractivity contribution in [3.05, 3.63) is 0 Å². The Bertz CT molecular complexity index is 83.9. The number of hydrogen-bond donors (Lipinski definition) is 0. The molecule has 0 heterocycles. The van der Waals surface area contributed by atoms with Gasteiger partial charge < -0.3 is 4.74 Å². The molecule has 0 aliphatic heterocycles. The predicted molar refractivity (Wildman–Crippen MR) is 54.8 cm³/mol. The van der Waals surface area contributed by atoms with Gasteiger partial charge in [-0.1, -0.05) is 13.8 Å². The Morgan fingerprint density at radius 2 is 1.83 bits per heavy atom. The molecule has 0 N–H and O–H groups in total. The molecular weight excluding hydrogens is 172 g/mol. The summed E-state index contributed by atoms with van der Waals surface area (Å²) in [7, 11) is 0. The number of hydrogen-bond acceptors (Lipinski definition) is 1. The van der Waals surface area contributed by atoms with Gasteiger partial charge in [-0.2, -0.15) is 0 Å². The van der Waals surface area contributed by atoms with E-state index in [2.05, 4.69) is 13.8 Å². The highest BCUT2D eigenvalue weighted by Crippen LogP contribution is 2.01. The summed E-state index contributed by atoms with van der Waals surface area (Å²) in [5.41, 5.74) is 0. The van der Waals surface area contributed by atoms with Gasteiger partial charge in [-0.05, 0) is 31.6 Å². The molecule has 0 rings (SSSR count). The molecule has 0 atom stereocenters. The Morgan fingerprint density at radius 1 is 1.08 bits per heavy atom. The smallest absolute Gasteiger partial charge is 0.0468 e. The van der Waals surface area contributed by atoms with Gasteiger partial charge in [-0.3, -0.25) is 0 Å². The van der Waals surface area contributed by atoms with Gasteiger partial charge in [0.05, 0.1) is 0 Å². The maximum atomic E-state index is 5.54. The first kappa shape index (κ1) is 12.2. The molecule has 0 radical (unpaired) electrons. The molecule has 1 nitrogen and oxygen atoms in total. The highest BCUT2D eigenvalue weighted by Gasteiger charge is 1.93. The molecule has 0 saturated heterocycles. The summed E-state index contributed by atoms with van der Waals surface area (Å²) in [6.45, 7) is 6.26. The van der Waals surface area contributed by atoms with E-state index >= 15 is 0 Å². The first-order valence-corrected chi connectivity index (χ1v) is 5.44. The lowest BCUT2D eigenvalue weighted by molar-refractivity contribution is 0.120. The maximum Gasteiger partial charge on any atom is 0.0468 e. The molecule has 2 heteroatoms. The van der Waals surface area contributed by atoms with E-state index in [0.29, 0.717) is 0 Å². The number of ether oxygens (including phenoxy) is 1. The average Bonchev–Trinajstić information content (AvgIpc) is 2.02. The molecule has 0 aromatic heterocycles. The number of halogens is 1. The van der Waals surface area contributed by atoms with E-state index in [-0.39, 0.29) is 0 Å². The maximum absolute atomic E-state index is 5.54. The number of unbranched alkanes of at least 4 members (excludes halogenated alkanes) is 2. The van der Waals surface area contributed by atoms with Crippen LogP contribution in [0.5, 0.6) is 0 Å². The Morgan fingerprint density at radius 3 is 2.42 bits per heavy atom. The predicted octanol–water partition coefficient (Wildman–Crippen LogP) is 3.46. The lowest BCUT2D eigenvalue weighted by Crippen LogP contribution is -2.00. The van der Waals surface area contributed by atoms with Crippen LogP contribution >= 0.6 is 11.6 Å². The third-order valence-electron chi connectivity index (χ3n) is 1.76. The van der Waals surface area contributed by atoms with E-state index in [0.717, 1.165) is 37.9 Å². The van der Waals surface area contributed by atoms with E-state index in [1.54, 1.807) is 0 Å². The normalized spacial score (nSPS) is 11.0. The van der Waals surface area contributed by atoms with E-state index in [1.807, 2.05) is 0 Å². The molecule has 0 aromatic carbocycles. The monoisotopic (exact) mass is 192 g/mol. The third kappa shape index (κ3) is 10.2. The Hall–Kier alpha value is 0.250. The second-order valence-corrected chi connectivity index (χ2v) is 3.92. The zero-order chi connectivity index (χ0) is 9.23. The zero-order valence-electron chi connectivity index (χ0n) is 8.31. The largest absolute Gasteiger partial charge is 0.381 e. The zero-order valence-corrected chi connectivity index (χ0v) is 9.07. The second-order valence-electron chi connectivity index (χ2n) is 3.54. The standard InChI is InChI=1S/C10H21ClO/c1-10(2)6-9-12-8-5-3-4-7-11/h10H,3-9H2,1-2H3. The van der Waals surface area contributed by atoms with Crippen molar-refractivity contribution in [2.24, 2.45) is 5.92 Å². The van der Waals surface area contributed by atoms with Crippen LogP contribution in [0.3, 0.4) is 0 Å². The molecule has 0 aromatic rings. The van der Waals surface area contributed by atoms with Crippen molar-refractivity contribution in [1.82, 2.24) is 0 Å². The van der Waals surface area contributed by atoms with Crippen molar-refractivity contribution in [3.8, 4) is 0 Å². The molecule has 0 unspecified atom stereocenters. The van der Waals surface area contributed by atoms with Gasteiger partial charge in [0.1, 0.15) is 0 Å². The summed E-state index contributed by atoms with van der Waals surface area (Å²) >= 11 is 5.54. The fraction of sp³-hybridized carbons (Fsp3) is 1.00. The molecule has 0 saturated carbocycles. The fourth-order valence-electron chi connectivity index (χ4n) is 0.896. The van der Waals surface area contributed by atoms with Crippen molar-refractivity contribution in [2.45, 2.75) is 39.5 Å². The van der Waals surface area contributed by atoms with Crippen molar-refractivity contribution in [2.75, 3.05) is 19.1 Å². The SMILES string of the molecule is CC(C)CCOCCCCCCl. The van der Waals surface area contributed by atoms with Crippen LogP contribution in [-0.2, 0) is 4.74 Å². The van der Waals surface area contributed by atoms with E-state index < -0.39 is 0 Å². The number of alkyl halides is 1. The molecule has 0 aliphatic rings. The van der Waals surface area contributed by atoms with Crippen LogP contribution in [0.4, 0.5) is 0 Å². The Labute approximate surface area is 81.4 Å². The average molecular weight is 193 g/mol. The fourth-order valence-corrected chi connectivity index (χ4v) is 1.09. The van der Waals surface area contributed by atoms with E-state index in [9.17, 15) is 0 Å². The first-order valence-electron chi connectivity index (χ1n) is 4.91. The highest BCUT2D eigenvalue weighted by molar-refractivity contribution is 6.17. The minimum absolute atomic E-state index is 0.757. The van der Waals surface area contributed by atoms with Crippen molar-refractivity contribution < 1.29 is 4.74 Å². The number of rotatable bonds is 8. The minimum atomic E-state index is 0.757. The molecule has 0 amide bonds. The summed E-state index contributed by atoms with van der Waals surface area (Å²) < 4.78 is 5.45. The molecule has 74 valence electrons. The Kier molecular flexibility index (Phi) is 9.53. The van der Waals surface area contributed by atoms with Gasteiger partial charge in [0.2, 0.25) is 0 Å². The van der Waals surface area contributed by atoms with Gasteiger partial charge in [-0.15, -0.1) is 11.6 Å². The molecule has 0 bridgehead atoms. The van der Waals surface area contributed by atoms with Crippen LogP contribution < -0.4 is 0 Å². The topological polar surface area (TPSA) is 9.23 Å².